The minimum absolute atomic E-state index is 0.0966. The second kappa shape index (κ2) is 3.40. The van der Waals surface area contributed by atoms with Gasteiger partial charge in [-0.3, -0.25) is 4.79 Å². The monoisotopic (exact) mass is 193 g/mol. The summed E-state index contributed by atoms with van der Waals surface area (Å²) in [5, 5.41) is 2.57. The van der Waals surface area contributed by atoms with E-state index in [1.165, 1.54) is 6.07 Å². The number of anilines is 1. The van der Waals surface area contributed by atoms with Crippen molar-refractivity contribution in [1.82, 2.24) is 0 Å². The van der Waals surface area contributed by atoms with Crippen LogP contribution in [0.2, 0.25) is 0 Å². The summed E-state index contributed by atoms with van der Waals surface area (Å²) >= 11 is 0. The topological polar surface area (TPSA) is 29.1 Å². The highest BCUT2D eigenvalue weighted by atomic mass is 19.1. The van der Waals surface area contributed by atoms with Gasteiger partial charge in [-0.25, -0.2) is 4.39 Å². The van der Waals surface area contributed by atoms with E-state index in [0.29, 0.717) is 18.5 Å². The van der Waals surface area contributed by atoms with E-state index in [-0.39, 0.29) is 11.7 Å². The lowest BCUT2D eigenvalue weighted by atomic mass is 9.99. The molecule has 0 unspecified atom stereocenters. The predicted octanol–water partition coefficient (Wildman–Crippen LogP) is 2.27. The van der Waals surface area contributed by atoms with Crippen LogP contribution in [-0.4, -0.2) is 5.91 Å². The molecular formula is C11H12FNO. The summed E-state index contributed by atoms with van der Waals surface area (Å²) in [6.07, 6.45) is 1.92. The molecule has 1 aliphatic rings. The molecule has 14 heavy (non-hydrogen) atoms. The lowest BCUT2D eigenvalue weighted by Crippen LogP contribution is -2.20. The molecule has 1 aromatic rings. The Morgan fingerprint density at radius 1 is 1.43 bits per heavy atom. The Hall–Kier alpha value is -1.38. The number of halogens is 1. The third-order valence-electron chi connectivity index (χ3n) is 2.53. The molecule has 3 heteroatoms. The summed E-state index contributed by atoms with van der Waals surface area (Å²) in [6, 6.07) is 3.46. The number of aryl methyl sites for hydroxylation is 2. The molecule has 74 valence electrons. The maximum atomic E-state index is 13.5. The van der Waals surface area contributed by atoms with Crippen LogP contribution in [0.25, 0.3) is 0 Å². The minimum Gasteiger partial charge on any atom is -0.323 e. The number of hydrogen-bond donors (Lipinski definition) is 1. The van der Waals surface area contributed by atoms with Crippen molar-refractivity contribution >= 4 is 11.6 Å². The first-order valence-electron chi connectivity index (χ1n) is 4.82. The van der Waals surface area contributed by atoms with Crippen molar-refractivity contribution in [3.8, 4) is 0 Å². The number of carbonyl (C=O) groups is 1. The van der Waals surface area contributed by atoms with Crippen LogP contribution in [0.4, 0.5) is 10.1 Å². The van der Waals surface area contributed by atoms with Crippen LogP contribution in [0.1, 0.15) is 24.5 Å². The van der Waals surface area contributed by atoms with Gasteiger partial charge in [0.1, 0.15) is 5.82 Å². The van der Waals surface area contributed by atoms with E-state index in [9.17, 15) is 9.18 Å². The molecule has 0 atom stereocenters. The molecule has 2 rings (SSSR count). The fraction of sp³-hybridized carbons (Fsp3) is 0.364. The van der Waals surface area contributed by atoms with Crippen molar-refractivity contribution in [2.45, 2.75) is 26.2 Å². The highest BCUT2D eigenvalue weighted by molar-refractivity contribution is 5.94. The van der Waals surface area contributed by atoms with Gasteiger partial charge in [-0.15, -0.1) is 0 Å². The van der Waals surface area contributed by atoms with Gasteiger partial charge in [-0.05, 0) is 30.0 Å². The number of rotatable bonds is 1. The molecule has 0 fully saturated rings. The van der Waals surface area contributed by atoms with E-state index in [1.54, 1.807) is 0 Å². The van der Waals surface area contributed by atoms with E-state index < -0.39 is 0 Å². The van der Waals surface area contributed by atoms with Crippen LogP contribution in [0, 0.1) is 5.82 Å². The van der Waals surface area contributed by atoms with E-state index in [1.807, 2.05) is 13.0 Å². The first kappa shape index (κ1) is 9.19. The Balaban J connectivity index is 2.48. The molecule has 0 saturated carbocycles. The van der Waals surface area contributed by atoms with Gasteiger partial charge >= 0.3 is 0 Å². The zero-order chi connectivity index (χ0) is 10.1. The molecule has 1 aliphatic heterocycles. The Morgan fingerprint density at radius 2 is 2.21 bits per heavy atom. The van der Waals surface area contributed by atoms with Gasteiger partial charge in [-0.2, -0.15) is 0 Å². The molecule has 0 aromatic heterocycles. The Labute approximate surface area is 82.1 Å². The molecular weight excluding hydrogens is 181 g/mol. The third kappa shape index (κ3) is 1.50. The fourth-order valence-corrected chi connectivity index (χ4v) is 1.72. The highest BCUT2D eigenvalue weighted by Crippen LogP contribution is 2.27. The van der Waals surface area contributed by atoms with E-state index in [4.69, 9.17) is 0 Å². The Bertz CT molecular complexity index is 387. The Morgan fingerprint density at radius 3 is 2.93 bits per heavy atom. The van der Waals surface area contributed by atoms with Gasteiger partial charge in [0.15, 0.2) is 0 Å². The van der Waals surface area contributed by atoms with E-state index >= 15 is 0 Å². The highest BCUT2D eigenvalue weighted by Gasteiger charge is 2.18. The standard InChI is InChI=1S/C11H12FNO/c1-2-7-5-8-3-4-10(14)13-11(8)9(12)6-7/h5-6H,2-4H2,1H3,(H,13,14). The smallest absolute Gasteiger partial charge is 0.224 e. The number of carbonyl (C=O) groups excluding carboxylic acids is 1. The van der Waals surface area contributed by atoms with Crippen molar-refractivity contribution in [2.24, 2.45) is 0 Å². The first-order valence-corrected chi connectivity index (χ1v) is 4.82. The number of fused-ring (bicyclic) bond motifs is 1. The summed E-state index contributed by atoms with van der Waals surface area (Å²) < 4.78 is 13.5. The molecule has 0 saturated heterocycles. The van der Waals surface area contributed by atoms with Crippen molar-refractivity contribution in [1.29, 1.82) is 0 Å². The molecule has 1 aromatic carbocycles. The first-order chi connectivity index (χ1) is 6.70. The fourth-order valence-electron chi connectivity index (χ4n) is 1.72. The lowest BCUT2D eigenvalue weighted by Gasteiger charge is -2.18. The lowest BCUT2D eigenvalue weighted by molar-refractivity contribution is -0.116. The quantitative estimate of drug-likeness (QED) is 0.728. The van der Waals surface area contributed by atoms with Crippen molar-refractivity contribution in [3.63, 3.8) is 0 Å². The third-order valence-corrected chi connectivity index (χ3v) is 2.53. The van der Waals surface area contributed by atoms with Crippen molar-refractivity contribution in [3.05, 3.63) is 29.1 Å². The largest absolute Gasteiger partial charge is 0.323 e. The van der Waals surface area contributed by atoms with Gasteiger partial charge in [0.25, 0.3) is 0 Å². The van der Waals surface area contributed by atoms with Gasteiger partial charge in [-0.1, -0.05) is 13.0 Å². The number of nitrogens with one attached hydrogen (secondary N) is 1. The van der Waals surface area contributed by atoms with Crippen LogP contribution in [-0.2, 0) is 17.6 Å². The van der Waals surface area contributed by atoms with Gasteiger partial charge in [0.05, 0.1) is 5.69 Å². The normalized spacial score (nSPS) is 14.9. The van der Waals surface area contributed by atoms with E-state index in [2.05, 4.69) is 5.32 Å². The second-order valence-corrected chi connectivity index (χ2v) is 3.51. The van der Waals surface area contributed by atoms with Crippen molar-refractivity contribution in [2.75, 3.05) is 5.32 Å². The summed E-state index contributed by atoms with van der Waals surface area (Å²) in [5.74, 6) is -0.409. The van der Waals surface area contributed by atoms with Gasteiger partial charge in [0, 0.05) is 6.42 Å². The molecule has 2 nitrogen and oxygen atoms in total. The molecule has 0 aliphatic carbocycles. The summed E-state index contributed by atoms with van der Waals surface area (Å²) in [7, 11) is 0. The SMILES string of the molecule is CCc1cc(F)c2c(c1)CCC(=O)N2. The number of amides is 1. The number of benzene rings is 1. The van der Waals surface area contributed by atoms with Gasteiger partial charge in [0.2, 0.25) is 5.91 Å². The molecule has 0 spiro atoms. The van der Waals surface area contributed by atoms with Crippen LogP contribution >= 0.6 is 0 Å². The molecule has 0 radical (unpaired) electrons. The minimum atomic E-state index is -0.313. The summed E-state index contributed by atoms with van der Waals surface area (Å²) in [6.45, 7) is 1.99. The average molecular weight is 193 g/mol. The summed E-state index contributed by atoms with van der Waals surface area (Å²) in [5.41, 5.74) is 2.28. The summed E-state index contributed by atoms with van der Waals surface area (Å²) in [4.78, 5) is 11.1. The molecule has 1 heterocycles. The average Bonchev–Trinajstić information content (AvgIpc) is 2.19. The van der Waals surface area contributed by atoms with Gasteiger partial charge < -0.3 is 5.32 Å². The van der Waals surface area contributed by atoms with Crippen LogP contribution in [0.5, 0.6) is 0 Å². The van der Waals surface area contributed by atoms with Crippen molar-refractivity contribution < 1.29 is 9.18 Å². The Kier molecular flexibility index (Phi) is 2.23. The molecule has 0 bridgehead atoms. The van der Waals surface area contributed by atoms with E-state index in [0.717, 1.165) is 17.5 Å². The maximum absolute atomic E-state index is 13.5. The maximum Gasteiger partial charge on any atom is 0.224 e. The molecule has 1 N–H and O–H groups in total. The predicted molar refractivity (Wildman–Crippen MR) is 52.7 cm³/mol. The van der Waals surface area contributed by atoms with Crippen LogP contribution < -0.4 is 5.32 Å². The van der Waals surface area contributed by atoms with Crippen LogP contribution in [0.15, 0.2) is 12.1 Å². The van der Waals surface area contributed by atoms with Crippen LogP contribution in [0.3, 0.4) is 0 Å². The second-order valence-electron chi connectivity index (χ2n) is 3.51. The zero-order valence-electron chi connectivity index (χ0n) is 8.06. The zero-order valence-corrected chi connectivity index (χ0v) is 8.06. The number of hydrogen-bond acceptors (Lipinski definition) is 1. The molecule has 1 amide bonds.